The van der Waals surface area contributed by atoms with E-state index in [4.69, 9.17) is 5.26 Å². The van der Waals surface area contributed by atoms with Gasteiger partial charge in [0.05, 0.1) is 0 Å². The first kappa shape index (κ1) is 6.28. The van der Waals surface area contributed by atoms with E-state index >= 15 is 0 Å². The zero-order valence-corrected chi connectivity index (χ0v) is 6.21. The van der Waals surface area contributed by atoms with Gasteiger partial charge in [0.1, 0.15) is 0 Å². The van der Waals surface area contributed by atoms with Gasteiger partial charge < -0.3 is 0 Å². The number of rotatable bonds is 1. The van der Waals surface area contributed by atoms with Crippen LogP contribution >= 0.6 is 0 Å². The normalized spacial score (nSPS) is 8.33. The molecule has 0 bridgehead atoms. The molecule has 0 spiro atoms. The molecule has 0 fully saturated rings. The van der Waals surface area contributed by atoms with Crippen LogP contribution in [0.1, 0.15) is 14.8 Å². The molecule has 44 valence electrons. The fraction of sp³-hybridized carbons (Fsp3) is 0. The Morgan fingerprint density at radius 3 is 2.89 bits per heavy atom. The second kappa shape index (κ2) is 2.63. The van der Waals surface area contributed by atoms with Crippen molar-refractivity contribution in [2.45, 2.75) is 0 Å². The summed E-state index contributed by atoms with van der Waals surface area (Å²) in [6.07, 6.45) is 0.770. The van der Waals surface area contributed by atoms with Crippen molar-refractivity contribution in [3.8, 4) is 6.07 Å². The Morgan fingerprint density at radius 1 is 1.78 bits per heavy atom. The van der Waals surface area contributed by atoms with Gasteiger partial charge in [-0.2, -0.15) is 0 Å². The molecule has 0 aliphatic carbocycles. The molecule has 3 heteroatoms. The minimum absolute atomic E-state index is 0.116. The van der Waals surface area contributed by atoms with E-state index in [1.54, 1.807) is 11.0 Å². The average Bonchev–Trinajstić information content (AvgIpc) is 2.34. The number of carbonyl (C=O) groups is 1. The van der Waals surface area contributed by atoms with E-state index in [1.807, 2.05) is 6.07 Å². The number of nitriles is 1. The summed E-state index contributed by atoms with van der Waals surface area (Å²) in [5, 5.41) is 8.33. The third-order valence-corrected chi connectivity index (χ3v) is 2.66. The SMILES string of the molecule is N#Cc1cc(C=O)c[se]1. The minimum atomic E-state index is 0.116. The molecule has 0 radical (unpaired) electrons. The first-order valence-corrected chi connectivity index (χ1v) is 4.15. The van der Waals surface area contributed by atoms with Crippen molar-refractivity contribution in [3.05, 3.63) is 21.0 Å². The van der Waals surface area contributed by atoms with E-state index in [-0.39, 0.29) is 14.5 Å². The standard InChI is InChI=1S/C6H3NOSe/c7-2-6-1-5(3-8)4-9-6/h1,3-4H. The number of aldehydes is 1. The van der Waals surface area contributed by atoms with Gasteiger partial charge in [-0.25, -0.2) is 0 Å². The maximum absolute atomic E-state index is 10.1. The predicted molar refractivity (Wildman–Crippen MR) is 33.5 cm³/mol. The molecule has 2 nitrogen and oxygen atoms in total. The molecule has 0 N–H and O–H groups in total. The first-order chi connectivity index (χ1) is 4.36. The van der Waals surface area contributed by atoms with E-state index < -0.39 is 0 Å². The van der Waals surface area contributed by atoms with E-state index in [2.05, 4.69) is 0 Å². The molecule has 0 saturated heterocycles. The van der Waals surface area contributed by atoms with Gasteiger partial charge in [0.15, 0.2) is 0 Å². The van der Waals surface area contributed by atoms with E-state index in [0.717, 1.165) is 10.7 Å². The quantitative estimate of drug-likeness (QED) is 0.469. The van der Waals surface area contributed by atoms with Crippen molar-refractivity contribution in [1.29, 1.82) is 5.26 Å². The molecule has 9 heavy (non-hydrogen) atoms. The number of carbonyl (C=O) groups excluding carboxylic acids is 1. The van der Waals surface area contributed by atoms with E-state index in [1.165, 1.54) is 0 Å². The van der Waals surface area contributed by atoms with Gasteiger partial charge >= 0.3 is 57.9 Å². The van der Waals surface area contributed by atoms with Crippen LogP contribution in [0.4, 0.5) is 0 Å². The molecule has 0 aromatic carbocycles. The molecule has 1 heterocycles. The van der Waals surface area contributed by atoms with Crippen molar-refractivity contribution in [3.63, 3.8) is 0 Å². The molecule has 0 saturated carbocycles. The van der Waals surface area contributed by atoms with Crippen LogP contribution in [0.15, 0.2) is 11.0 Å². The summed E-state index contributed by atoms with van der Waals surface area (Å²) in [5.74, 6) is 0. The van der Waals surface area contributed by atoms with Gasteiger partial charge in [0.25, 0.3) is 0 Å². The van der Waals surface area contributed by atoms with Crippen LogP contribution in [0.25, 0.3) is 0 Å². The number of hydrogen-bond donors (Lipinski definition) is 0. The molecule has 1 aromatic rings. The average molecular weight is 184 g/mol. The van der Waals surface area contributed by atoms with Crippen molar-refractivity contribution in [1.82, 2.24) is 0 Å². The second-order valence-electron chi connectivity index (χ2n) is 1.47. The van der Waals surface area contributed by atoms with E-state index in [0.29, 0.717) is 5.56 Å². The van der Waals surface area contributed by atoms with Gasteiger partial charge in [-0.05, 0) is 0 Å². The third kappa shape index (κ3) is 1.29. The molecule has 0 aliphatic rings. The Morgan fingerprint density at radius 2 is 2.56 bits per heavy atom. The molecule has 1 rings (SSSR count). The van der Waals surface area contributed by atoms with E-state index in [9.17, 15) is 4.79 Å². The van der Waals surface area contributed by atoms with Gasteiger partial charge in [-0.3, -0.25) is 0 Å². The summed E-state index contributed by atoms with van der Waals surface area (Å²) in [7, 11) is 0. The fourth-order valence-electron chi connectivity index (χ4n) is 0.471. The zero-order chi connectivity index (χ0) is 6.69. The molecular formula is C6H3NOSe. The Labute approximate surface area is 58.5 Å². The topological polar surface area (TPSA) is 40.9 Å². The van der Waals surface area contributed by atoms with Gasteiger partial charge in [0.2, 0.25) is 0 Å². The zero-order valence-electron chi connectivity index (χ0n) is 4.50. The fourth-order valence-corrected chi connectivity index (χ4v) is 1.82. The first-order valence-electron chi connectivity index (χ1n) is 2.30. The molecular weight excluding hydrogens is 181 g/mol. The Balaban J connectivity index is 3.03. The van der Waals surface area contributed by atoms with Crippen LogP contribution in [-0.4, -0.2) is 20.8 Å². The maximum atomic E-state index is 10.1. The summed E-state index contributed by atoms with van der Waals surface area (Å²) in [6, 6.07) is 3.64. The van der Waals surface area contributed by atoms with Crippen molar-refractivity contribution in [2.75, 3.05) is 0 Å². The summed E-state index contributed by atoms with van der Waals surface area (Å²) in [4.78, 5) is 11.9. The van der Waals surface area contributed by atoms with Crippen molar-refractivity contribution in [2.24, 2.45) is 0 Å². The molecule has 0 amide bonds. The van der Waals surface area contributed by atoms with Crippen molar-refractivity contribution < 1.29 is 4.79 Å². The van der Waals surface area contributed by atoms with Gasteiger partial charge in [0, 0.05) is 0 Å². The van der Waals surface area contributed by atoms with Crippen LogP contribution in [0.5, 0.6) is 0 Å². The van der Waals surface area contributed by atoms with Gasteiger partial charge in [-0.15, -0.1) is 0 Å². The van der Waals surface area contributed by atoms with Gasteiger partial charge in [-0.1, -0.05) is 0 Å². The molecule has 0 atom stereocenters. The second-order valence-corrected chi connectivity index (χ2v) is 3.39. The van der Waals surface area contributed by atoms with Crippen molar-refractivity contribution >= 4 is 20.8 Å². The summed E-state index contributed by atoms with van der Waals surface area (Å²) in [5.41, 5.74) is 0.645. The Hall–Kier alpha value is -0.841. The summed E-state index contributed by atoms with van der Waals surface area (Å²) >= 11 is 0.116. The summed E-state index contributed by atoms with van der Waals surface area (Å²) in [6.45, 7) is 0. The molecule has 0 aliphatic heterocycles. The Bertz CT molecular complexity index is 258. The monoisotopic (exact) mass is 185 g/mol. The predicted octanol–water partition coefficient (Wildman–Crippen LogP) is 0.428. The van der Waals surface area contributed by atoms with Crippen LogP contribution in [0.2, 0.25) is 0 Å². The summed E-state index contributed by atoms with van der Waals surface area (Å²) < 4.78 is 0.726. The van der Waals surface area contributed by atoms with Crippen LogP contribution < -0.4 is 0 Å². The molecule has 0 unspecified atom stereocenters. The van der Waals surface area contributed by atoms with Crippen LogP contribution in [0.3, 0.4) is 0 Å². The third-order valence-electron chi connectivity index (χ3n) is 0.866. The Kier molecular flexibility index (Phi) is 1.84. The molecule has 1 aromatic heterocycles. The number of hydrogen-bond acceptors (Lipinski definition) is 2. The van der Waals surface area contributed by atoms with Crippen LogP contribution in [0, 0.1) is 11.3 Å². The van der Waals surface area contributed by atoms with Crippen LogP contribution in [-0.2, 0) is 0 Å². The number of nitrogens with zero attached hydrogens (tertiary/aromatic N) is 1.